The van der Waals surface area contributed by atoms with Crippen molar-refractivity contribution in [3.8, 4) is 0 Å². The molecule has 1 aliphatic rings. The molecule has 1 saturated heterocycles. The molecule has 5 heteroatoms. The minimum absolute atomic E-state index is 0.0634. The predicted molar refractivity (Wildman–Crippen MR) is 67.0 cm³/mol. The maximum absolute atomic E-state index is 12.1. The Balaban J connectivity index is 2.43. The average Bonchev–Trinajstić information content (AvgIpc) is 2.59. The number of benzene rings is 1. The molecule has 1 aliphatic heterocycles. The van der Waals surface area contributed by atoms with Crippen molar-refractivity contribution in [2.24, 2.45) is 5.84 Å². The lowest BCUT2D eigenvalue weighted by Gasteiger charge is -2.27. The first-order chi connectivity index (χ1) is 7.60. The average molecular weight is 237 g/mol. The van der Waals surface area contributed by atoms with E-state index < -0.39 is 5.54 Å². The van der Waals surface area contributed by atoms with Crippen LogP contribution in [0.25, 0.3) is 0 Å². The SMILES string of the molecule is CN[C@@]1(c2ccc(P)cc2)CCN(N)C1=O. The summed E-state index contributed by atoms with van der Waals surface area (Å²) in [6.45, 7) is 0.586. The minimum Gasteiger partial charge on any atom is -0.303 e. The Morgan fingerprint density at radius 1 is 1.44 bits per heavy atom. The fourth-order valence-electron chi connectivity index (χ4n) is 2.15. The van der Waals surface area contributed by atoms with E-state index in [4.69, 9.17) is 5.84 Å². The van der Waals surface area contributed by atoms with Crippen LogP contribution in [0.2, 0.25) is 0 Å². The Kier molecular flexibility index (Phi) is 2.98. The zero-order valence-corrected chi connectivity index (χ0v) is 10.4. The van der Waals surface area contributed by atoms with E-state index >= 15 is 0 Å². The first-order valence-electron chi connectivity index (χ1n) is 5.22. The fourth-order valence-corrected chi connectivity index (χ4v) is 2.35. The number of nitrogens with two attached hydrogens (primary N) is 1. The molecule has 0 spiro atoms. The molecule has 4 nitrogen and oxygen atoms in total. The second-order valence-corrected chi connectivity index (χ2v) is 4.69. The number of carbonyl (C=O) groups is 1. The summed E-state index contributed by atoms with van der Waals surface area (Å²) in [5.74, 6) is 5.57. The molecule has 1 fully saturated rings. The molecule has 0 saturated carbocycles. The molecule has 1 aromatic carbocycles. The third kappa shape index (κ3) is 1.63. The van der Waals surface area contributed by atoms with E-state index in [0.717, 1.165) is 10.9 Å². The van der Waals surface area contributed by atoms with Crippen LogP contribution < -0.4 is 16.5 Å². The molecule has 86 valence electrons. The fraction of sp³-hybridized carbons (Fsp3) is 0.364. The quantitative estimate of drug-likeness (QED) is 0.422. The van der Waals surface area contributed by atoms with Gasteiger partial charge in [0, 0.05) is 6.54 Å². The lowest BCUT2D eigenvalue weighted by molar-refractivity contribution is -0.133. The number of nitrogens with one attached hydrogen (secondary N) is 1. The molecule has 1 heterocycles. The van der Waals surface area contributed by atoms with E-state index in [-0.39, 0.29) is 5.91 Å². The van der Waals surface area contributed by atoms with Crippen LogP contribution >= 0.6 is 9.24 Å². The largest absolute Gasteiger partial charge is 0.303 e. The van der Waals surface area contributed by atoms with Crippen molar-refractivity contribution in [3.05, 3.63) is 29.8 Å². The van der Waals surface area contributed by atoms with Crippen molar-refractivity contribution < 1.29 is 4.79 Å². The summed E-state index contributed by atoms with van der Waals surface area (Å²) in [6.07, 6.45) is 0.703. The van der Waals surface area contributed by atoms with E-state index in [9.17, 15) is 4.79 Å². The van der Waals surface area contributed by atoms with Crippen molar-refractivity contribution in [2.75, 3.05) is 13.6 Å². The van der Waals surface area contributed by atoms with Gasteiger partial charge in [0.1, 0.15) is 5.54 Å². The number of rotatable bonds is 2. The highest BCUT2D eigenvalue weighted by Gasteiger charge is 2.46. The second kappa shape index (κ2) is 4.13. The van der Waals surface area contributed by atoms with Crippen molar-refractivity contribution >= 4 is 20.5 Å². The highest BCUT2D eigenvalue weighted by Crippen LogP contribution is 2.31. The Hall–Kier alpha value is -0.960. The molecule has 1 unspecified atom stereocenters. The minimum atomic E-state index is -0.646. The predicted octanol–water partition coefficient (Wildman–Crippen LogP) is -0.292. The van der Waals surface area contributed by atoms with E-state index in [1.54, 1.807) is 7.05 Å². The summed E-state index contributed by atoms with van der Waals surface area (Å²) in [4.78, 5) is 12.1. The van der Waals surface area contributed by atoms with Gasteiger partial charge in [-0.2, -0.15) is 0 Å². The highest BCUT2D eigenvalue weighted by atomic mass is 31.0. The molecule has 1 aromatic rings. The van der Waals surface area contributed by atoms with Gasteiger partial charge in [-0.1, -0.05) is 24.3 Å². The number of likely N-dealkylation sites (N-methyl/N-ethyl adjacent to an activating group) is 1. The number of hydrogen-bond acceptors (Lipinski definition) is 3. The van der Waals surface area contributed by atoms with Gasteiger partial charge in [0.05, 0.1) is 0 Å². The van der Waals surface area contributed by atoms with Gasteiger partial charge < -0.3 is 5.32 Å². The monoisotopic (exact) mass is 237 g/mol. The van der Waals surface area contributed by atoms with Crippen LogP contribution in [-0.4, -0.2) is 24.5 Å². The van der Waals surface area contributed by atoms with E-state index in [2.05, 4.69) is 14.6 Å². The van der Waals surface area contributed by atoms with Gasteiger partial charge in [0.2, 0.25) is 0 Å². The van der Waals surface area contributed by atoms with Crippen LogP contribution in [0.3, 0.4) is 0 Å². The standard InChI is InChI=1S/C11H16N3OP/c1-13-11(6-7-14(12)10(11)15)8-2-4-9(16)5-3-8/h2-5,13H,6-7,12,16H2,1H3/t11-/m1/s1. The van der Waals surface area contributed by atoms with Gasteiger partial charge in [-0.05, 0) is 24.3 Å². The number of nitrogens with zero attached hydrogens (tertiary/aromatic N) is 1. The number of amides is 1. The molecule has 0 aliphatic carbocycles. The van der Waals surface area contributed by atoms with Gasteiger partial charge in [-0.3, -0.25) is 9.80 Å². The lowest BCUT2D eigenvalue weighted by atomic mass is 9.88. The van der Waals surface area contributed by atoms with Gasteiger partial charge in [-0.25, -0.2) is 5.84 Å². The number of carbonyl (C=O) groups excluding carboxylic acids is 1. The van der Waals surface area contributed by atoms with Crippen LogP contribution in [0.1, 0.15) is 12.0 Å². The summed E-state index contributed by atoms with van der Waals surface area (Å²) < 4.78 is 0. The molecule has 0 radical (unpaired) electrons. The second-order valence-electron chi connectivity index (χ2n) is 4.03. The van der Waals surface area contributed by atoms with Crippen molar-refractivity contribution in [3.63, 3.8) is 0 Å². The number of hydrazine groups is 1. The van der Waals surface area contributed by atoms with Crippen LogP contribution in [0.4, 0.5) is 0 Å². The normalized spacial score (nSPS) is 25.2. The summed E-state index contributed by atoms with van der Waals surface area (Å²) in [7, 11) is 4.43. The molecule has 2 atom stereocenters. The molecule has 0 aromatic heterocycles. The van der Waals surface area contributed by atoms with Gasteiger partial charge >= 0.3 is 0 Å². The third-order valence-corrected chi connectivity index (χ3v) is 3.57. The van der Waals surface area contributed by atoms with E-state index in [1.165, 1.54) is 5.01 Å². The van der Waals surface area contributed by atoms with Crippen LogP contribution in [0.15, 0.2) is 24.3 Å². The molecule has 1 amide bonds. The van der Waals surface area contributed by atoms with Crippen LogP contribution in [0, 0.1) is 0 Å². The maximum Gasteiger partial charge on any atom is 0.261 e. The van der Waals surface area contributed by atoms with Crippen molar-refractivity contribution in [1.82, 2.24) is 10.3 Å². The summed E-state index contributed by atoms with van der Waals surface area (Å²) in [5.41, 5.74) is 0.326. The summed E-state index contributed by atoms with van der Waals surface area (Å²) >= 11 is 0. The zero-order valence-electron chi connectivity index (χ0n) is 9.23. The molecule has 2 rings (SSSR count). The van der Waals surface area contributed by atoms with Crippen molar-refractivity contribution in [1.29, 1.82) is 0 Å². The maximum atomic E-state index is 12.1. The molecule has 16 heavy (non-hydrogen) atoms. The number of hydrogen-bond donors (Lipinski definition) is 2. The lowest BCUT2D eigenvalue weighted by Crippen LogP contribution is -2.49. The zero-order chi connectivity index (χ0) is 11.8. The topological polar surface area (TPSA) is 58.4 Å². The summed E-state index contributed by atoms with van der Waals surface area (Å²) in [6, 6.07) is 7.89. The summed E-state index contributed by atoms with van der Waals surface area (Å²) in [5, 5.41) is 5.50. The van der Waals surface area contributed by atoms with E-state index in [1.807, 2.05) is 24.3 Å². The Bertz CT molecular complexity index is 406. The Morgan fingerprint density at radius 2 is 2.06 bits per heavy atom. The molecular formula is C11H16N3OP. The first kappa shape index (κ1) is 11.5. The first-order valence-corrected chi connectivity index (χ1v) is 5.79. The van der Waals surface area contributed by atoms with Crippen LogP contribution in [0.5, 0.6) is 0 Å². The smallest absolute Gasteiger partial charge is 0.261 e. The van der Waals surface area contributed by atoms with Gasteiger partial charge in [0.25, 0.3) is 5.91 Å². The van der Waals surface area contributed by atoms with Gasteiger partial charge in [0.15, 0.2) is 0 Å². The van der Waals surface area contributed by atoms with Gasteiger partial charge in [-0.15, -0.1) is 9.24 Å². The molecule has 3 N–H and O–H groups in total. The van der Waals surface area contributed by atoms with Crippen LogP contribution in [-0.2, 0) is 10.3 Å². The Labute approximate surface area is 97.4 Å². The molecule has 0 bridgehead atoms. The van der Waals surface area contributed by atoms with Crippen molar-refractivity contribution in [2.45, 2.75) is 12.0 Å². The Morgan fingerprint density at radius 3 is 2.50 bits per heavy atom. The molecular weight excluding hydrogens is 221 g/mol. The van der Waals surface area contributed by atoms with E-state index in [0.29, 0.717) is 13.0 Å². The third-order valence-electron chi connectivity index (χ3n) is 3.18. The highest BCUT2D eigenvalue weighted by molar-refractivity contribution is 7.27.